The van der Waals surface area contributed by atoms with E-state index in [1.54, 1.807) is 36.4 Å². The van der Waals surface area contributed by atoms with Gasteiger partial charge in [0, 0.05) is 18.3 Å². The van der Waals surface area contributed by atoms with Crippen LogP contribution < -0.4 is 14.9 Å². The Morgan fingerprint density at radius 2 is 1.66 bits per heavy atom. The summed E-state index contributed by atoms with van der Waals surface area (Å²) in [6.07, 6.45) is 1.31. The molecule has 1 heterocycles. The number of rotatable bonds is 5. The maximum atomic E-state index is 13.3. The molecule has 3 aromatic carbocycles. The minimum Gasteiger partial charge on any atom is -0.318 e. The van der Waals surface area contributed by atoms with Crippen LogP contribution in [-0.2, 0) is 26.0 Å². The summed E-state index contributed by atoms with van der Waals surface area (Å²) in [7, 11) is -3.83. The third-order valence-electron chi connectivity index (χ3n) is 5.58. The molecule has 4 rings (SSSR count). The van der Waals surface area contributed by atoms with Crippen molar-refractivity contribution in [2.75, 3.05) is 21.5 Å². The van der Waals surface area contributed by atoms with E-state index >= 15 is 0 Å². The average molecular weight is 495 g/mol. The van der Waals surface area contributed by atoms with Gasteiger partial charge in [0.05, 0.1) is 15.5 Å². The van der Waals surface area contributed by atoms with Gasteiger partial charge in [0.1, 0.15) is 5.69 Å². The number of benzene rings is 3. The fraction of sp³-hybridized carbons (Fsp3) is 0.167. The zero-order valence-corrected chi connectivity index (χ0v) is 19.5. The minimum atomic E-state index is -3.83. The summed E-state index contributed by atoms with van der Waals surface area (Å²) in [5.74, 6) is -2.15. The van der Waals surface area contributed by atoms with E-state index in [-0.39, 0.29) is 28.5 Å². The van der Waals surface area contributed by atoms with Crippen LogP contribution >= 0.6 is 0 Å². The second-order valence-corrected chi connectivity index (χ2v) is 9.88. The maximum Gasteiger partial charge on any atom is 0.314 e. The lowest BCUT2D eigenvalue weighted by atomic mass is 10.0. The average Bonchev–Trinajstić information content (AvgIpc) is 2.84. The number of nitrogens with one attached hydrogen (secondary N) is 2. The predicted octanol–water partition coefficient (Wildman–Crippen LogP) is 3.62. The van der Waals surface area contributed by atoms with Gasteiger partial charge in [-0.15, -0.1) is 0 Å². The third-order valence-corrected chi connectivity index (χ3v) is 7.41. The number of anilines is 3. The molecule has 0 saturated carbocycles. The Balaban J connectivity index is 1.56. The molecule has 0 radical (unpaired) electrons. The number of nitrogens with zero attached hydrogens (tertiary/aromatic N) is 2. The van der Waals surface area contributed by atoms with Gasteiger partial charge in [-0.2, -0.15) is 0 Å². The first-order valence-electron chi connectivity index (χ1n) is 10.7. The number of fused-ring (bicyclic) bond motifs is 1. The molecule has 10 nitrogen and oxygen atoms in total. The molecule has 0 bridgehead atoms. The molecule has 0 fully saturated rings. The number of nitro benzene ring substituents is 1. The summed E-state index contributed by atoms with van der Waals surface area (Å²) in [5, 5.41) is 15.8. The minimum absolute atomic E-state index is 0.113. The number of hydrogen-bond donors (Lipinski definition) is 2. The highest BCUT2D eigenvalue weighted by Crippen LogP contribution is 2.34. The van der Waals surface area contributed by atoms with Crippen molar-refractivity contribution in [3.63, 3.8) is 0 Å². The van der Waals surface area contributed by atoms with Gasteiger partial charge in [-0.3, -0.25) is 24.0 Å². The molecule has 0 atom stereocenters. The fourth-order valence-corrected chi connectivity index (χ4v) is 5.34. The van der Waals surface area contributed by atoms with Crippen LogP contribution in [0.25, 0.3) is 0 Å². The topological polar surface area (TPSA) is 139 Å². The van der Waals surface area contributed by atoms with Crippen molar-refractivity contribution in [3.8, 4) is 0 Å². The Labute approximate surface area is 201 Å². The molecule has 35 heavy (non-hydrogen) atoms. The monoisotopic (exact) mass is 494 g/mol. The summed E-state index contributed by atoms with van der Waals surface area (Å²) >= 11 is 0. The van der Waals surface area contributed by atoms with Crippen molar-refractivity contribution in [2.24, 2.45) is 0 Å². The lowest BCUT2D eigenvalue weighted by Crippen LogP contribution is -2.35. The van der Waals surface area contributed by atoms with Gasteiger partial charge in [0.2, 0.25) is 0 Å². The molecule has 1 aliphatic heterocycles. The molecule has 180 valence electrons. The van der Waals surface area contributed by atoms with Crippen LogP contribution in [-0.4, -0.2) is 31.7 Å². The zero-order chi connectivity index (χ0) is 25.2. The molecule has 0 aromatic heterocycles. The molecule has 0 unspecified atom stereocenters. The summed E-state index contributed by atoms with van der Waals surface area (Å²) in [5.41, 5.74) is 1.92. The molecule has 11 heteroatoms. The fourth-order valence-electron chi connectivity index (χ4n) is 3.81. The quantitative estimate of drug-likeness (QED) is 0.316. The first-order chi connectivity index (χ1) is 16.7. The summed E-state index contributed by atoms with van der Waals surface area (Å²) < 4.78 is 27.9. The van der Waals surface area contributed by atoms with Crippen LogP contribution in [0, 0.1) is 17.0 Å². The van der Waals surface area contributed by atoms with Crippen molar-refractivity contribution in [3.05, 3.63) is 88.0 Å². The maximum absolute atomic E-state index is 13.3. The lowest BCUT2D eigenvalue weighted by molar-refractivity contribution is -0.383. The number of hydrogen-bond acceptors (Lipinski definition) is 6. The number of carbonyl (C=O) groups excluding carboxylic acids is 2. The first-order valence-corrected chi connectivity index (χ1v) is 12.2. The van der Waals surface area contributed by atoms with Crippen LogP contribution in [0.3, 0.4) is 0 Å². The highest BCUT2D eigenvalue weighted by atomic mass is 32.2. The molecule has 3 aromatic rings. The Morgan fingerprint density at radius 1 is 0.971 bits per heavy atom. The van der Waals surface area contributed by atoms with Crippen molar-refractivity contribution in [2.45, 2.75) is 24.7 Å². The summed E-state index contributed by atoms with van der Waals surface area (Å²) in [4.78, 5) is 35.5. The Morgan fingerprint density at radius 3 is 2.37 bits per heavy atom. The number of nitro groups is 1. The van der Waals surface area contributed by atoms with Gasteiger partial charge in [-0.1, -0.05) is 35.9 Å². The van der Waals surface area contributed by atoms with Crippen LogP contribution in [0.2, 0.25) is 0 Å². The van der Waals surface area contributed by atoms with E-state index in [2.05, 4.69) is 10.6 Å². The Kier molecular flexibility index (Phi) is 6.52. The number of sulfonamides is 1. The lowest BCUT2D eigenvalue weighted by Gasteiger charge is -2.31. The van der Waals surface area contributed by atoms with E-state index in [9.17, 15) is 28.1 Å². The van der Waals surface area contributed by atoms with E-state index in [0.29, 0.717) is 18.5 Å². The second-order valence-electron chi connectivity index (χ2n) is 8.02. The number of amides is 2. The van der Waals surface area contributed by atoms with Gasteiger partial charge in [-0.25, -0.2) is 8.42 Å². The van der Waals surface area contributed by atoms with E-state index in [4.69, 9.17) is 0 Å². The molecule has 0 spiro atoms. The molecular formula is C24H22N4O6S. The van der Waals surface area contributed by atoms with Crippen molar-refractivity contribution < 1.29 is 22.9 Å². The molecule has 0 aliphatic carbocycles. The van der Waals surface area contributed by atoms with E-state index in [1.165, 1.54) is 34.6 Å². The van der Waals surface area contributed by atoms with Crippen LogP contribution in [0.1, 0.15) is 17.5 Å². The number of para-hydroxylation sites is 2. The molecular weight excluding hydrogens is 472 g/mol. The predicted molar refractivity (Wildman–Crippen MR) is 131 cm³/mol. The second kappa shape index (κ2) is 9.55. The van der Waals surface area contributed by atoms with Gasteiger partial charge in [0.15, 0.2) is 0 Å². The van der Waals surface area contributed by atoms with Gasteiger partial charge >= 0.3 is 11.8 Å². The SMILES string of the molecule is Cc1ccc(S(=O)(=O)N2CCCc3ccc(NC(=O)C(=O)Nc4ccccc4[N+](=O)[O-])cc32)cc1. The van der Waals surface area contributed by atoms with Gasteiger partial charge < -0.3 is 10.6 Å². The first kappa shape index (κ1) is 23.9. The van der Waals surface area contributed by atoms with Crippen LogP contribution in [0.15, 0.2) is 71.6 Å². The normalized spacial score (nSPS) is 13.0. The van der Waals surface area contributed by atoms with Crippen LogP contribution in [0.4, 0.5) is 22.7 Å². The molecule has 2 N–H and O–H groups in total. The highest BCUT2D eigenvalue weighted by Gasteiger charge is 2.29. The summed E-state index contributed by atoms with van der Waals surface area (Å²) in [6.45, 7) is 2.15. The largest absolute Gasteiger partial charge is 0.318 e. The smallest absolute Gasteiger partial charge is 0.314 e. The standard InChI is InChI=1S/C24H22N4O6S/c1-16-8-12-19(13-9-16)35(33,34)27-14-4-5-17-10-11-18(15-22(17)27)25-23(29)24(30)26-20-6-2-3-7-21(20)28(31)32/h2-3,6-13,15H,4-5,14H2,1H3,(H,25,29)(H,26,30). The van der Waals surface area contributed by atoms with Crippen LogP contribution in [0.5, 0.6) is 0 Å². The van der Waals surface area contributed by atoms with Gasteiger partial charge in [-0.05, 0) is 55.7 Å². The van der Waals surface area contributed by atoms with Gasteiger partial charge in [0.25, 0.3) is 15.7 Å². The third kappa shape index (κ3) is 4.99. The zero-order valence-electron chi connectivity index (χ0n) is 18.7. The van der Waals surface area contributed by atoms with Crippen molar-refractivity contribution in [1.82, 2.24) is 0 Å². The molecule has 1 aliphatic rings. The van der Waals surface area contributed by atoms with E-state index in [1.807, 2.05) is 6.92 Å². The molecule has 0 saturated heterocycles. The van der Waals surface area contributed by atoms with Crippen molar-refractivity contribution >= 4 is 44.6 Å². The summed E-state index contributed by atoms with van der Waals surface area (Å²) in [6, 6.07) is 16.8. The number of aryl methyl sites for hydroxylation is 2. The van der Waals surface area contributed by atoms with E-state index in [0.717, 1.165) is 11.1 Å². The number of carbonyl (C=O) groups is 2. The van der Waals surface area contributed by atoms with Crippen molar-refractivity contribution in [1.29, 1.82) is 0 Å². The Hall–Kier alpha value is -4.25. The van der Waals surface area contributed by atoms with E-state index < -0.39 is 26.8 Å². The Bertz CT molecular complexity index is 1420. The molecule has 2 amide bonds. The highest BCUT2D eigenvalue weighted by molar-refractivity contribution is 7.92.